The molecule has 37 heavy (non-hydrogen) atoms. The molecule has 1 unspecified atom stereocenters. The molecule has 192 valence electrons. The summed E-state index contributed by atoms with van der Waals surface area (Å²) in [5, 5.41) is 0. The van der Waals surface area contributed by atoms with Crippen LogP contribution in [0.25, 0.3) is 0 Å². The quantitative estimate of drug-likeness (QED) is 0.535. The summed E-state index contributed by atoms with van der Waals surface area (Å²) in [5.74, 6) is 0.246. The Balaban J connectivity index is 1.26. The van der Waals surface area contributed by atoms with Crippen molar-refractivity contribution in [3.05, 3.63) is 89.5 Å². The van der Waals surface area contributed by atoms with Gasteiger partial charge in [-0.25, -0.2) is 0 Å². The highest BCUT2D eigenvalue weighted by Gasteiger charge is 2.37. The molecule has 3 aromatic carbocycles. The first-order valence-corrected chi connectivity index (χ1v) is 12.9. The predicted molar refractivity (Wildman–Crippen MR) is 146 cm³/mol. The Bertz CT molecular complexity index is 1280. The van der Waals surface area contributed by atoms with Crippen molar-refractivity contribution < 1.29 is 14.3 Å². The maximum Gasteiger partial charge on any atom is 0.259 e. The number of hydrogen-bond donors (Lipinski definition) is 1. The first kappa shape index (κ1) is 24.8. The number of ether oxygens (including phenoxy) is 1. The molecule has 1 fully saturated rings. The van der Waals surface area contributed by atoms with Gasteiger partial charge in [0.1, 0.15) is 11.8 Å². The van der Waals surface area contributed by atoms with Crippen LogP contribution in [-0.2, 0) is 17.8 Å². The van der Waals surface area contributed by atoms with Gasteiger partial charge in [-0.3, -0.25) is 19.4 Å². The number of nitrogens with zero attached hydrogens (tertiary/aromatic N) is 3. The number of nitrogens with two attached hydrogens (primary N) is 1. The molecule has 2 heterocycles. The minimum absolute atomic E-state index is 0.129. The fraction of sp³-hybridized carbons (Fsp3) is 0.333. The predicted octanol–water partition coefficient (Wildman–Crippen LogP) is 3.85. The van der Waals surface area contributed by atoms with Crippen LogP contribution in [0.1, 0.15) is 35.3 Å². The summed E-state index contributed by atoms with van der Waals surface area (Å²) in [4.78, 5) is 32.1. The van der Waals surface area contributed by atoms with Crippen molar-refractivity contribution in [2.24, 2.45) is 5.73 Å². The maximum atomic E-state index is 13.6. The molecular weight excluding hydrogens is 464 g/mol. The molecule has 5 rings (SSSR count). The van der Waals surface area contributed by atoms with E-state index in [1.165, 1.54) is 0 Å². The van der Waals surface area contributed by atoms with Crippen molar-refractivity contribution in [1.29, 1.82) is 0 Å². The molecule has 0 aromatic heterocycles. The summed E-state index contributed by atoms with van der Waals surface area (Å²) in [7, 11) is 0. The number of fused-ring (bicyclic) bond motifs is 1. The van der Waals surface area contributed by atoms with Gasteiger partial charge in [0.05, 0.1) is 11.8 Å². The number of hydrogen-bond acceptors (Lipinski definition) is 5. The van der Waals surface area contributed by atoms with E-state index in [1.54, 1.807) is 4.90 Å². The van der Waals surface area contributed by atoms with Crippen molar-refractivity contribution >= 4 is 23.2 Å². The third kappa shape index (κ3) is 5.32. The van der Waals surface area contributed by atoms with Gasteiger partial charge < -0.3 is 15.4 Å². The minimum Gasteiger partial charge on any atom is -0.489 e. The maximum absolute atomic E-state index is 13.6. The van der Waals surface area contributed by atoms with Gasteiger partial charge in [0.25, 0.3) is 5.91 Å². The van der Waals surface area contributed by atoms with E-state index in [0.717, 1.165) is 61.0 Å². The van der Waals surface area contributed by atoms with Gasteiger partial charge in [-0.15, -0.1) is 0 Å². The Morgan fingerprint density at radius 1 is 0.919 bits per heavy atom. The molecule has 0 spiro atoms. The highest BCUT2D eigenvalue weighted by molar-refractivity contribution is 6.11. The number of benzene rings is 3. The Labute approximate surface area is 218 Å². The van der Waals surface area contributed by atoms with Crippen LogP contribution in [0, 0.1) is 0 Å². The fourth-order valence-corrected chi connectivity index (χ4v) is 5.28. The highest BCUT2D eigenvalue weighted by Crippen LogP contribution is 2.34. The van der Waals surface area contributed by atoms with E-state index >= 15 is 0 Å². The van der Waals surface area contributed by atoms with E-state index in [0.29, 0.717) is 12.0 Å². The topological polar surface area (TPSA) is 79.1 Å². The second kappa shape index (κ2) is 10.6. The van der Waals surface area contributed by atoms with Crippen molar-refractivity contribution in [3.63, 3.8) is 0 Å². The van der Waals surface area contributed by atoms with Crippen molar-refractivity contribution in [2.45, 2.75) is 39.0 Å². The highest BCUT2D eigenvalue weighted by atomic mass is 16.5. The summed E-state index contributed by atoms with van der Waals surface area (Å²) in [6.07, 6.45) is 0.580. The number of carbonyl (C=O) groups is 2. The van der Waals surface area contributed by atoms with E-state index in [-0.39, 0.29) is 12.0 Å². The monoisotopic (exact) mass is 498 g/mol. The molecule has 0 radical (unpaired) electrons. The van der Waals surface area contributed by atoms with Crippen molar-refractivity contribution in [1.82, 2.24) is 4.90 Å². The molecule has 1 atom stereocenters. The first-order chi connectivity index (χ1) is 17.9. The summed E-state index contributed by atoms with van der Waals surface area (Å²) < 4.78 is 6.02. The zero-order valence-corrected chi connectivity index (χ0v) is 21.5. The Kier molecular flexibility index (Phi) is 7.15. The van der Waals surface area contributed by atoms with E-state index in [1.807, 2.05) is 68.4 Å². The van der Waals surface area contributed by atoms with Crippen LogP contribution >= 0.6 is 0 Å². The molecule has 0 bridgehead atoms. The lowest BCUT2D eigenvalue weighted by Gasteiger charge is -2.37. The number of carbonyl (C=O) groups excluding carboxylic acids is 2. The lowest BCUT2D eigenvalue weighted by molar-refractivity contribution is -0.119. The van der Waals surface area contributed by atoms with Gasteiger partial charge in [-0.05, 0) is 55.3 Å². The molecule has 2 aliphatic heterocycles. The Morgan fingerprint density at radius 2 is 1.62 bits per heavy atom. The van der Waals surface area contributed by atoms with Crippen molar-refractivity contribution in [2.75, 3.05) is 36.0 Å². The van der Waals surface area contributed by atoms with Gasteiger partial charge in [-0.2, -0.15) is 0 Å². The summed E-state index contributed by atoms with van der Waals surface area (Å²) in [5.41, 5.74) is 10.2. The van der Waals surface area contributed by atoms with E-state index in [4.69, 9.17) is 10.5 Å². The van der Waals surface area contributed by atoms with Gasteiger partial charge in [0, 0.05) is 50.4 Å². The summed E-state index contributed by atoms with van der Waals surface area (Å²) in [6, 6.07) is 22.9. The second-order valence-corrected chi connectivity index (χ2v) is 10.0. The summed E-state index contributed by atoms with van der Waals surface area (Å²) in [6.45, 7) is 8.49. The Morgan fingerprint density at radius 3 is 2.35 bits per heavy atom. The number of primary amides is 1. The average Bonchev–Trinajstić information content (AvgIpc) is 3.29. The van der Waals surface area contributed by atoms with Gasteiger partial charge in [0.15, 0.2) is 0 Å². The Hall–Kier alpha value is -3.84. The third-order valence-corrected chi connectivity index (χ3v) is 7.04. The molecule has 1 saturated heterocycles. The number of para-hydroxylation sites is 3. The lowest BCUT2D eigenvalue weighted by atomic mass is 10.1. The standard InChI is InChI=1S/C30H34N4O3/c1-21(2)37-28-13-6-5-12-26(28)33-16-14-32(15-17-33)20-22-8-7-10-24(18-22)30(36)34-25-11-4-3-9-23(25)19-27(34)29(31)35/h3-13,18,21,27H,14-17,19-20H2,1-2H3,(H2,31,35). The third-order valence-electron chi connectivity index (χ3n) is 7.04. The van der Waals surface area contributed by atoms with E-state index < -0.39 is 11.9 Å². The largest absolute Gasteiger partial charge is 0.489 e. The number of anilines is 2. The molecule has 0 aliphatic carbocycles. The molecule has 7 heteroatoms. The van der Waals surface area contributed by atoms with Crippen LogP contribution in [0.15, 0.2) is 72.8 Å². The molecular formula is C30H34N4O3. The lowest BCUT2D eigenvalue weighted by Crippen LogP contribution is -2.46. The van der Waals surface area contributed by atoms with Crippen LogP contribution in [0.5, 0.6) is 5.75 Å². The number of piperazine rings is 1. The normalized spacial score (nSPS) is 17.6. The van der Waals surface area contributed by atoms with Crippen LogP contribution in [0.3, 0.4) is 0 Å². The molecule has 2 N–H and O–H groups in total. The molecule has 3 aromatic rings. The SMILES string of the molecule is CC(C)Oc1ccccc1N1CCN(Cc2cccc(C(=O)N3c4ccccc4CC3C(N)=O)c2)CC1. The van der Waals surface area contributed by atoms with E-state index in [9.17, 15) is 9.59 Å². The zero-order valence-electron chi connectivity index (χ0n) is 21.5. The minimum atomic E-state index is -0.663. The number of amides is 2. The van der Waals surface area contributed by atoms with Crippen molar-refractivity contribution in [3.8, 4) is 5.75 Å². The summed E-state index contributed by atoms with van der Waals surface area (Å²) >= 11 is 0. The van der Waals surface area contributed by atoms with Gasteiger partial charge in [-0.1, -0.05) is 42.5 Å². The molecule has 0 saturated carbocycles. The molecule has 2 amide bonds. The van der Waals surface area contributed by atoms with Crippen LogP contribution < -0.4 is 20.3 Å². The first-order valence-electron chi connectivity index (χ1n) is 12.9. The van der Waals surface area contributed by atoms with Gasteiger partial charge in [0.2, 0.25) is 5.91 Å². The van der Waals surface area contributed by atoms with Crippen LogP contribution in [0.4, 0.5) is 11.4 Å². The zero-order chi connectivity index (χ0) is 25.9. The number of rotatable bonds is 7. The van der Waals surface area contributed by atoms with Crippen LogP contribution in [0.2, 0.25) is 0 Å². The average molecular weight is 499 g/mol. The fourth-order valence-electron chi connectivity index (χ4n) is 5.28. The molecule has 7 nitrogen and oxygen atoms in total. The van der Waals surface area contributed by atoms with E-state index in [2.05, 4.69) is 28.0 Å². The smallest absolute Gasteiger partial charge is 0.259 e. The molecule has 2 aliphatic rings. The second-order valence-electron chi connectivity index (χ2n) is 10.0. The van der Waals surface area contributed by atoms with Crippen LogP contribution in [-0.4, -0.2) is 55.0 Å². The van der Waals surface area contributed by atoms with Gasteiger partial charge >= 0.3 is 0 Å².